The highest BCUT2D eigenvalue weighted by Crippen LogP contribution is 2.30. The zero-order valence-electron chi connectivity index (χ0n) is 13.3. The topological polar surface area (TPSA) is 55.4 Å². The van der Waals surface area contributed by atoms with Crippen LogP contribution in [0.4, 0.5) is 8.78 Å². The van der Waals surface area contributed by atoms with Gasteiger partial charge in [0.2, 0.25) is 0 Å². The van der Waals surface area contributed by atoms with Crippen LogP contribution < -0.4 is 5.32 Å². The first-order valence-electron chi connectivity index (χ1n) is 7.46. The van der Waals surface area contributed by atoms with E-state index in [9.17, 15) is 18.4 Å². The molecule has 0 aliphatic carbocycles. The number of esters is 1. The minimum atomic E-state index is -3.82. The van der Waals surface area contributed by atoms with Crippen LogP contribution in [0.15, 0.2) is 54.6 Å². The van der Waals surface area contributed by atoms with Crippen LogP contribution in [0, 0.1) is 0 Å². The number of benzene rings is 2. The van der Waals surface area contributed by atoms with E-state index in [1.165, 1.54) is 19.1 Å². The predicted octanol–water partition coefficient (Wildman–Crippen LogP) is 3.68. The van der Waals surface area contributed by atoms with Crippen LogP contribution in [-0.2, 0) is 26.9 Å². The number of ether oxygens (including phenoxy) is 1. The number of hydrogen-bond donors (Lipinski definition) is 1. The molecule has 0 aliphatic rings. The minimum absolute atomic E-state index is 0.00936. The van der Waals surface area contributed by atoms with E-state index < -0.39 is 29.4 Å². The maximum atomic E-state index is 14.2. The first kappa shape index (κ1) is 18.9. The van der Waals surface area contributed by atoms with Crippen molar-refractivity contribution in [3.05, 3.63) is 70.7 Å². The summed E-state index contributed by atoms with van der Waals surface area (Å²) in [5.74, 6) is -6.23. The second kappa shape index (κ2) is 8.07. The van der Waals surface area contributed by atoms with Crippen LogP contribution in [0.5, 0.6) is 0 Å². The highest BCUT2D eigenvalue weighted by atomic mass is 35.5. The first-order chi connectivity index (χ1) is 11.8. The standard InChI is InChI=1S/C18H16ClF2NO3/c1-12(16(23)25-11-13-6-3-2-4-7-13)22-17(24)18(20,21)14-8-5-9-15(19)10-14/h2-10,12H,11H2,1H3,(H,22,24)/t12-/m0/s1. The van der Waals surface area contributed by atoms with Crippen molar-refractivity contribution >= 4 is 23.5 Å². The number of rotatable bonds is 6. The third-order valence-electron chi connectivity index (χ3n) is 3.40. The second-order valence-electron chi connectivity index (χ2n) is 5.37. The molecule has 0 spiro atoms. The Labute approximate surface area is 148 Å². The molecule has 7 heteroatoms. The lowest BCUT2D eigenvalue weighted by Crippen LogP contribution is -2.46. The summed E-state index contributed by atoms with van der Waals surface area (Å²) in [4.78, 5) is 23.7. The van der Waals surface area contributed by atoms with Gasteiger partial charge in [0.05, 0.1) is 0 Å². The van der Waals surface area contributed by atoms with Gasteiger partial charge in [0.15, 0.2) is 0 Å². The van der Waals surface area contributed by atoms with Gasteiger partial charge in [0.1, 0.15) is 12.6 Å². The zero-order valence-corrected chi connectivity index (χ0v) is 14.1. The van der Waals surface area contributed by atoms with E-state index in [-0.39, 0.29) is 11.6 Å². The van der Waals surface area contributed by atoms with Gasteiger partial charge in [-0.15, -0.1) is 0 Å². The molecule has 1 atom stereocenters. The Morgan fingerprint density at radius 1 is 1.16 bits per heavy atom. The van der Waals surface area contributed by atoms with Gasteiger partial charge in [-0.05, 0) is 24.6 Å². The van der Waals surface area contributed by atoms with E-state index in [2.05, 4.69) is 0 Å². The van der Waals surface area contributed by atoms with Gasteiger partial charge in [-0.25, -0.2) is 4.79 Å². The number of alkyl halides is 2. The molecule has 0 fully saturated rings. The van der Waals surface area contributed by atoms with E-state index in [1.807, 2.05) is 11.4 Å². The summed E-state index contributed by atoms with van der Waals surface area (Å²) in [5.41, 5.74) is 0.195. The molecule has 0 saturated carbocycles. The molecule has 0 aromatic heterocycles. The Hall–Kier alpha value is -2.47. The van der Waals surface area contributed by atoms with E-state index >= 15 is 0 Å². The lowest BCUT2D eigenvalue weighted by molar-refractivity contribution is -0.154. The van der Waals surface area contributed by atoms with Crippen LogP contribution in [0.2, 0.25) is 5.02 Å². The smallest absolute Gasteiger partial charge is 0.349 e. The zero-order chi connectivity index (χ0) is 18.4. The van der Waals surface area contributed by atoms with E-state index in [0.717, 1.165) is 17.7 Å². The van der Waals surface area contributed by atoms with E-state index in [0.29, 0.717) is 0 Å². The number of carbonyl (C=O) groups is 2. The molecular formula is C18H16ClF2NO3. The molecule has 2 aromatic rings. The summed E-state index contributed by atoms with van der Waals surface area (Å²) in [6.45, 7) is 1.27. The van der Waals surface area contributed by atoms with Crippen molar-refractivity contribution in [3.63, 3.8) is 0 Å². The van der Waals surface area contributed by atoms with Crippen LogP contribution >= 0.6 is 11.6 Å². The Balaban J connectivity index is 1.95. The molecule has 0 heterocycles. The SMILES string of the molecule is C[C@H](NC(=O)C(F)(F)c1cccc(Cl)c1)C(=O)OCc1ccccc1. The molecule has 1 N–H and O–H groups in total. The molecule has 0 unspecified atom stereocenters. The third kappa shape index (κ3) is 5.00. The molecule has 25 heavy (non-hydrogen) atoms. The van der Waals surface area contributed by atoms with E-state index in [4.69, 9.17) is 16.3 Å². The lowest BCUT2D eigenvalue weighted by Gasteiger charge is -2.19. The van der Waals surface area contributed by atoms with Gasteiger partial charge in [0.25, 0.3) is 5.91 Å². The summed E-state index contributed by atoms with van der Waals surface area (Å²) in [6, 6.07) is 12.5. The van der Waals surface area contributed by atoms with Gasteiger partial charge < -0.3 is 10.1 Å². The van der Waals surface area contributed by atoms with Crippen LogP contribution in [0.25, 0.3) is 0 Å². The Morgan fingerprint density at radius 3 is 2.48 bits per heavy atom. The fraction of sp³-hybridized carbons (Fsp3) is 0.222. The van der Waals surface area contributed by atoms with Crippen molar-refractivity contribution in [2.75, 3.05) is 0 Å². The van der Waals surface area contributed by atoms with Crippen molar-refractivity contribution < 1.29 is 23.1 Å². The van der Waals surface area contributed by atoms with Crippen molar-refractivity contribution in [1.29, 1.82) is 0 Å². The maximum absolute atomic E-state index is 14.2. The molecule has 0 saturated heterocycles. The fourth-order valence-electron chi connectivity index (χ4n) is 2.01. The van der Waals surface area contributed by atoms with Crippen molar-refractivity contribution in [1.82, 2.24) is 5.32 Å². The highest BCUT2D eigenvalue weighted by molar-refractivity contribution is 6.30. The Kier molecular flexibility index (Phi) is 6.09. The fourth-order valence-corrected chi connectivity index (χ4v) is 2.21. The Bertz CT molecular complexity index is 753. The lowest BCUT2D eigenvalue weighted by atomic mass is 10.1. The molecule has 0 aliphatic heterocycles. The van der Waals surface area contributed by atoms with Crippen LogP contribution in [-0.4, -0.2) is 17.9 Å². The summed E-state index contributed by atoms with van der Waals surface area (Å²) in [7, 11) is 0. The largest absolute Gasteiger partial charge is 0.459 e. The highest BCUT2D eigenvalue weighted by Gasteiger charge is 2.42. The third-order valence-corrected chi connectivity index (χ3v) is 3.63. The number of halogens is 3. The van der Waals surface area contributed by atoms with Gasteiger partial charge in [-0.1, -0.05) is 54.1 Å². The molecule has 2 aromatic carbocycles. The summed E-state index contributed by atoms with van der Waals surface area (Å²) in [5, 5.41) is 2.05. The quantitative estimate of drug-likeness (QED) is 0.792. The average molecular weight is 368 g/mol. The summed E-state index contributed by atoms with van der Waals surface area (Å²) < 4.78 is 33.4. The molecule has 0 radical (unpaired) electrons. The summed E-state index contributed by atoms with van der Waals surface area (Å²) in [6.07, 6.45) is 0. The predicted molar refractivity (Wildman–Crippen MR) is 89.2 cm³/mol. The Morgan fingerprint density at radius 2 is 1.84 bits per heavy atom. The normalized spacial score (nSPS) is 12.3. The second-order valence-corrected chi connectivity index (χ2v) is 5.81. The first-order valence-corrected chi connectivity index (χ1v) is 7.84. The van der Waals surface area contributed by atoms with Crippen LogP contribution in [0.1, 0.15) is 18.1 Å². The van der Waals surface area contributed by atoms with Gasteiger partial charge in [0, 0.05) is 10.6 Å². The molecule has 132 valence electrons. The summed E-state index contributed by atoms with van der Waals surface area (Å²) >= 11 is 5.67. The van der Waals surface area contributed by atoms with E-state index in [1.54, 1.807) is 24.3 Å². The number of carbonyl (C=O) groups excluding carboxylic acids is 2. The average Bonchev–Trinajstić information content (AvgIpc) is 2.60. The number of hydrogen-bond acceptors (Lipinski definition) is 3. The minimum Gasteiger partial charge on any atom is -0.459 e. The van der Waals surface area contributed by atoms with Crippen molar-refractivity contribution in [2.45, 2.75) is 25.5 Å². The number of amides is 1. The van der Waals surface area contributed by atoms with Gasteiger partial charge in [-0.2, -0.15) is 8.78 Å². The molecule has 1 amide bonds. The van der Waals surface area contributed by atoms with Gasteiger partial charge >= 0.3 is 11.9 Å². The molecule has 0 bridgehead atoms. The van der Waals surface area contributed by atoms with Crippen molar-refractivity contribution in [2.24, 2.45) is 0 Å². The molecule has 4 nitrogen and oxygen atoms in total. The number of nitrogens with one attached hydrogen (secondary N) is 1. The molecular weight excluding hydrogens is 352 g/mol. The van der Waals surface area contributed by atoms with Crippen LogP contribution in [0.3, 0.4) is 0 Å². The van der Waals surface area contributed by atoms with Gasteiger partial charge in [-0.3, -0.25) is 4.79 Å². The van der Waals surface area contributed by atoms with Crippen molar-refractivity contribution in [3.8, 4) is 0 Å². The maximum Gasteiger partial charge on any atom is 0.349 e. The monoisotopic (exact) mass is 367 g/mol. The molecule has 2 rings (SSSR count).